The average Bonchev–Trinajstić information content (AvgIpc) is 2.95. The van der Waals surface area contributed by atoms with Gasteiger partial charge in [-0.3, -0.25) is 4.79 Å². The van der Waals surface area contributed by atoms with Crippen LogP contribution in [0.1, 0.15) is 29.3 Å². The topological polar surface area (TPSA) is 42.1 Å². The van der Waals surface area contributed by atoms with Crippen molar-refractivity contribution in [3.63, 3.8) is 0 Å². The molecule has 0 radical (unpaired) electrons. The number of aromatic nitrogens is 1. The third-order valence-electron chi connectivity index (χ3n) is 3.83. The van der Waals surface area contributed by atoms with E-state index in [2.05, 4.69) is 11.9 Å². The lowest BCUT2D eigenvalue weighted by Crippen LogP contribution is -2.25. The molecule has 1 aromatic heterocycles. The summed E-state index contributed by atoms with van der Waals surface area (Å²) in [5, 5.41) is 1.03. The van der Waals surface area contributed by atoms with E-state index in [0.29, 0.717) is 12.5 Å². The number of ketones is 1. The number of aromatic amines is 1. The molecular weight excluding hydrogens is 226 g/mol. The monoisotopic (exact) mass is 243 g/mol. The van der Waals surface area contributed by atoms with Crippen molar-refractivity contribution in [2.45, 2.75) is 26.4 Å². The summed E-state index contributed by atoms with van der Waals surface area (Å²) < 4.78 is 5.58. The third kappa shape index (κ3) is 1.66. The molecule has 0 spiro atoms. The van der Waals surface area contributed by atoms with Crippen LogP contribution in [0.5, 0.6) is 0 Å². The molecule has 18 heavy (non-hydrogen) atoms. The molecule has 1 fully saturated rings. The van der Waals surface area contributed by atoms with Gasteiger partial charge in [-0.25, -0.2) is 0 Å². The van der Waals surface area contributed by atoms with Gasteiger partial charge >= 0.3 is 0 Å². The highest BCUT2D eigenvalue weighted by molar-refractivity contribution is 6.11. The third-order valence-corrected chi connectivity index (χ3v) is 3.83. The summed E-state index contributed by atoms with van der Waals surface area (Å²) in [4.78, 5) is 15.7. The second kappa shape index (κ2) is 4.25. The fourth-order valence-electron chi connectivity index (χ4n) is 2.75. The van der Waals surface area contributed by atoms with Crippen molar-refractivity contribution in [2.24, 2.45) is 5.92 Å². The van der Waals surface area contributed by atoms with Gasteiger partial charge in [0.15, 0.2) is 5.78 Å². The van der Waals surface area contributed by atoms with Gasteiger partial charge in [0.25, 0.3) is 0 Å². The predicted octanol–water partition coefficient (Wildman–Crippen LogP) is 3.08. The molecule has 2 unspecified atom stereocenters. The van der Waals surface area contributed by atoms with E-state index >= 15 is 0 Å². The van der Waals surface area contributed by atoms with E-state index < -0.39 is 0 Å². The number of ether oxygens (including phenoxy) is 1. The highest BCUT2D eigenvalue weighted by Gasteiger charge is 2.32. The zero-order chi connectivity index (χ0) is 12.7. The van der Waals surface area contributed by atoms with Gasteiger partial charge < -0.3 is 9.72 Å². The van der Waals surface area contributed by atoms with Crippen LogP contribution in [-0.4, -0.2) is 23.5 Å². The summed E-state index contributed by atoms with van der Waals surface area (Å²) in [6.45, 7) is 4.81. The lowest BCUT2D eigenvalue weighted by molar-refractivity contribution is 0.0581. The number of rotatable bonds is 2. The van der Waals surface area contributed by atoms with Gasteiger partial charge in [-0.05, 0) is 30.9 Å². The number of carbonyl (C=O) groups excluding carboxylic acids is 1. The van der Waals surface area contributed by atoms with Crippen molar-refractivity contribution in [3.05, 3.63) is 35.5 Å². The van der Waals surface area contributed by atoms with Crippen LogP contribution in [0.15, 0.2) is 24.4 Å². The van der Waals surface area contributed by atoms with E-state index in [-0.39, 0.29) is 11.9 Å². The number of fused-ring (bicyclic) bond motifs is 1. The van der Waals surface area contributed by atoms with Gasteiger partial charge in [0, 0.05) is 29.3 Å². The normalized spacial score (nSPS) is 23.7. The molecule has 2 aromatic rings. The molecule has 94 valence electrons. The molecule has 1 aliphatic rings. The second-order valence-electron chi connectivity index (χ2n) is 5.12. The molecular formula is C15H17NO2. The molecule has 3 heteroatoms. The molecule has 0 bridgehead atoms. The number of Topliss-reactive ketones (excluding diaryl/α,β-unsaturated/α-hetero) is 1. The Balaban J connectivity index is 2.07. The van der Waals surface area contributed by atoms with E-state index in [9.17, 15) is 4.79 Å². The predicted molar refractivity (Wildman–Crippen MR) is 70.9 cm³/mol. The van der Waals surface area contributed by atoms with Crippen molar-refractivity contribution in [1.82, 2.24) is 4.98 Å². The number of hydrogen-bond donors (Lipinski definition) is 1. The summed E-state index contributed by atoms with van der Waals surface area (Å²) in [7, 11) is 0. The Labute approximate surface area is 106 Å². The lowest BCUT2D eigenvalue weighted by atomic mass is 9.95. The van der Waals surface area contributed by atoms with Crippen LogP contribution >= 0.6 is 0 Å². The highest BCUT2D eigenvalue weighted by Crippen LogP contribution is 2.28. The quantitative estimate of drug-likeness (QED) is 0.823. The van der Waals surface area contributed by atoms with Gasteiger partial charge in [-0.1, -0.05) is 19.1 Å². The Morgan fingerprint density at radius 1 is 1.44 bits per heavy atom. The summed E-state index contributed by atoms with van der Waals surface area (Å²) in [6.07, 6.45) is 2.51. The summed E-state index contributed by atoms with van der Waals surface area (Å²) in [5.41, 5.74) is 2.91. The Kier molecular flexibility index (Phi) is 2.71. The molecule has 1 aliphatic heterocycles. The van der Waals surface area contributed by atoms with Crippen LogP contribution in [0.25, 0.3) is 10.9 Å². The van der Waals surface area contributed by atoms with Crippen molar-refractivity contribution in [2.75, 3.05) is 6.61 Å². The van der Waals surface area contributed by atoms with Crippen LogP contribution in [0.4, 0.5) is 0 Å². The largest absolute Gasteiger partial charge is 0.370 e. The maximum Gasteiger partial charge on any atom is 0.193 e. The lowest BCUT2D eigenvalue weighted by Gasteiger charge is -2.12. The van der Waals surface area contributed by atoms with Gasteiger partial charge in [-0.15, -0.1) is 0 Å². The van der Waals surface area contributed by atoms with Crippen LogP contribution in [0, 0.1) is 12.8 Å². The maximum absolute atomic E-state index is 12.5. The zero-order valence-corrected chi connectivity index (χ0v) is 10.7. The summed E-state index contributed by atoms with van der Waals surface area (Å²) >= 11 is 0. The van der Waals surface area contributed by atoms with Crippen LogP contribution in [0.2, 0.25) is 0 Å². The first kappa shape index (κ1) is 11.5. The van der Waals surface area contributed by atoms with E-state index in [1.807, 2.05) is 31.3 Å². The average molecular weight is 243 g/mol. The van der Waals surface area contributed by atoms with Crippen molar-refractivity contribution in [3.8, 4) is 0 Å². The molecule has 1 aromatic carbocycles. The van der Waals surface area contributed by atoms with Crippen molar-refractivity contribution < 1.29 is 9.53 Å². The highest BCUT2D eigenvalue weighted by atomic mass is 16.5. The minimum absolute atomic E-state index is 0.112. The Morgan fingerprint density at radius 2 is 2.28 bits per heavy atom. The summed E-state index contributed by atoms with van der Waals surface area (Å²) in [5.74, 6) is 0.423. The first-order chi connectivity index (χ1) is 8.68. The number of H-pyrrole nitrogens is 1. The first-order valence-corrected chi connectivity index (χ1v) is 6.41. The minimum Gasteiger partial charge on any atom is -0.370 e. The van der Waals surface area contributed by atoms with E-state index in [1.54, 1.807) is 0 Å². The smallest absolute Gasteiger partial charge is 0.193 e. The molecule has 0 amide bonds. The Morgan fingerprint density at radius 3 is 3.00 bits per heavy atom. The number of carbonyl (C=O) groups is 1. The van der Waals surface area contributed by atoms with Crippen molar-refractivity contribution in [1.29, 1.82) is 0 Å². The molecule has 0 saturated carbocycles. The number of hydrogen-bond acceptors (Lipinski definition) is 2. The Bertz CT molecular complexity index is 600. The minimum atomic E-state index is -0.274. The zero-order valence-electron chi connectivity index (χ0n) is 10.7. The van der Waals surface area contributed by atoms with Gasteiger partial charge in [0.1, 0.15) is 6.10 Å². The van der Waals surface area contributed by atoms with E-state index in [4.69, 9.17) is 4.74 Å². The fraction of sp³-hybridized carbons (Fsp3) is 0.400. The Hall–Kier alpha value is -1.61. The van der Waals surface area contributed by atoms with Gasteiger partial charge in [0.2, 0.25) is 0 Å². The number of nitrogens with one attached hydrogen (secondary N) is 1. The maximum atomic E-state index is 12.5. The molecule has 2 atom stereocenters. The molecule has 3 nitrogen and oxygen atoms in total. The van der Waals surface area contributed by atoms with Crippen LogP contribution in [0.3, 0.4) is 0 Å². The van der Waals surface area contributed by atoms with Gasteiger partial charge in [0.05, 0.1) is 0 Å². The molecule has 1 N–H and O–H groups in total. The van der Waals surface area contributed by atoms with Gasteiger partial charge in [-0.2, -0.15) is 0 Å². The van der Waals surface area contributed by atoms with Crippen molar-refractivity contribution >= 4 is 16.7 Å². The number of aryl methyl sites for hydroxylation is 1. The fourth-order valence-corrected chi connectivity index (χ4v) is 2.75. The van der Waals surface area contributed by atoms with Crippen LogP contribution < -0.4 is 0 Å². The molecule has 2 heterocycles. The number of benzene rings is 1. The molecule has 0 aliphatic carbocycles. The summed E-state index contributed by atoms with van der Waals surface area (Å²) in [6, 6.07) is 6.03. The van der Waals surface area contributed by atoms with E-state index in [1.165, 1.54) is 0 Å². The standard InChI is InChI=1S/C15H17NO2/c1-9-4-3-5-12-13(9)11(8-16-12)14(17)15-10(2)6-7-18-15/h3-5,8,10,15-16H,6-7H2,1-2H3. The first-order valence-electron chi connectivity index (χ1n) is 6.41. The molecule has 3 rings (SSSR count). The van der Waals surface area contributed by atoms with E-state index in [0.717, 1.165) is 28.5 Å². The van der Waals surface area contributed by atoms with Crippen LogP contribution in [-0.2, 0) is 4.74 Å². The molecule has 1 saturated heterocycles. The second-order valence-corrected chi connectivity index (χ2v) is 5.12. The SMILES string of the molecule is Cc1cccc2[nH]cc(C(=O)C3OCCC3C)c12.